The number of carbonyl (C=O) groups is 4. The number of tetrazole rings is 1. The van der Waals surface area contributed by atoms with Crippen LogP contribution < -0.4 is 20.1 Å². The van der Waals surface area contributed by atoms with Gasteiger partial charge in [-0.15, -0.1) is 21.5 Å². The molecule has 1 aromatic carbocycles. The van der Waals surface area contributed by atoms with Crippen molar-refractivity contribution in [3.63, 3.8) is 0 Å². The van der Waals surface area contributed by atoms with Crippen LogP contribution in [0.2, 0.25) is 0 Å². The number of halogens is 2. The first kappa shape index (κ1) is 37.2. The molecular weight excluding hydrogens is 723 g/mol. The summed E-state index contributed by atoms with van der Waals surface area (Å²) in [4.78, 5) is 57.9. The molecule has 2 aliphatic carbocycles. The molecule has 3 N–H and O–H groups in total. The van der Waals surface area contributed by atoms with Gasteiger partial charge < -0.3 is 20.3 Å². The van der Waals surface area contributed by atoms with E-state index in [1.54, 1.807) is 41.8 Å². The molecule has 3 fully saturated rings. The predicted molar refractivity (Wildman–Crippen MR) is 184 cm³/mol. The lowest BCUT2D eigenvalue weighted by Crippen LogP contribution is -2.59. The van der Waals surface area contributed by atoms with E-state index in [0.29, 0.717) is 29.0 Å². The molecule has 5 atom stereocenters. The fraction of sp³-hybridized carbons (Fsp3) is 0.545. The van der Waals surface area contributed by atoms with Crippen molar-refractivity contribution in [2.75, 3.05) is 13.7 Å². The number of likely N-dealkylation sites (tertiary alicyclic amines) is 1. The Morgan fingerprint density at radius 1 is 1.12 bits per heavy atom. The Labute approximate surface area is 302 Å². The smallest absolute Gasteiger partial charge is 0.261 e. The third-order valence-corrected chi connectivity index (χ3v) is 12.1. The van der Waals surface area contributed by atoms with E-state index in [9.17, 15) is 36.4 Å². The van der Waals surface area contributed by atoms with Gasteiger partial charge in [-0.3, -0.25) is 23.9 Å². The summed E-state index contributed by atoms with van der Waals surface area (Å²) in [5.41, 5.74) is -2.05. The van der Waals surface area contributed by atoms with Gasteiger partial charge in [0.05, 0.1) is 29.2 Å². The molecule has 3 heterocycles. The van der Waals surface area contributed by atoms with Crippen LogP contribution in [0.1, 0.15) is 68.6 Å². The van der Waals surface area contributed by atoms with Gasteiger partial charge in [-0.1, -0.05) is 26.8 Å². The minimum atomic E-state index is -4.12. The average molecular weight is 763 g/mol. The van der Waals surface area contributed by atoms with E-state index in [1.807, 2.05) is 25.5 Å². The summed E-state index contributed by atoms with van der Waals surface area (Å²) < 4.78 is 60.4. The lowest BCUT2D eigenvalue weighted by molar-refractivity contribution is -0.141. The molecule has 1 aliphatic heterocycles. The maximum Gasteiger partial charge on any atom is 0.261 e. The number of methoxy groups -OCH3 is 1. The van der Waals surface area contributed by atoms with Crippen LogP contribution >= 0.6 is 11.3 Å². The number of amides is 4. The molecule has 4 amide bonds. The first-order valence-electron chi connectivity index (χ1n) is 16.8. The second-order valence-corrected chi connectivity index (χ2v) is 17.5. The van der Waals surface area contributed by atoms with Crippen LogP contribution in [0.25, 0.3) is 11.4 Å². The van der Waals surface area contributed by atoms with Crippen molar-refractivity contribution in [2.24, 2.45) is 11.3 Å². The summed E-state index contributed by atoms with van der Waals surface area (Å²) in [7, 11) is -2.59. The molecule has 0 bridgehead atoms. The molecular formula is C33H40F2N8O7S2. The number of nitrogens with one attached hydrogen (secondary N) is 3. The molecule has 6 rings (SSSR count). The van der Waals surface area contributed by atoms with Gasteiger partial charge in [0, 0.05) is 18.5 Å². The van der Waals surface area contributed by atoms with Crippen molar-refractivity contribution in [1.29, 1.82) is 0 Å². The highest BCUT2D eigenvalue weighted by Crippen LogP contribution is 2.48. The van der Waals surface area contributed by atoms with E-state index in [-0.39, 0.29) is 25.2 Å². The second-order valence-electron chi connectivity index (χ2n) is 14.6. The molecule has 2 aromatic heterocycles. The quantitative estimate of drug-likeness (QED) is 0.233. The molecule has 19 heteroatoms. The third kappa shape index (κ3) is 7.94. The molecule has 1 unspecified atom stereocenters. The van der Waals surface area contributed by atoms with Crippen LogP contribution in [-0.4, -0.2) is 100 Å². The first-order chi connectivity index (χ1) is 24.5. The van der Waals surface area contributed by atoms with Crippen LogP contribution in [0.15, 0.2) is 41.8 Å². The number of alkyl halides is 2. The van der Waals surface area contributed by atoms with E-state index in [4.69, 9.17) is 4.74 Å². The summed E-state index contributed by atoms with van der Waals surface area (Å²) in [6.45, 7) is 5.53. The molecule has 280 valence electrons. The van der Waals surface area contributed by atoms with Gasteiger partial charge in [-0.2, -0.15) is 4.80 Å². The molecule has 15 nitrogen and oxygen atoms in total. The van der Waals surface area contributed by atoms with Crippen molar-refractivity contribution in [2.45, 2.75) is 88.2 Å². The molecule has 3 aromatic rings. The molecule has 52 heavy (non-hydrogen) atoms. The summed E-state index contributed by atoms with van der Waals surface area (Å²) in [6, 6.07) is 7.05. The number of sulfonamides is 1. The highest BCUT2D eigenvalue weighted by atomic mass is 32.2. The number of aromatic nitrogens is 4. The van der Waals surface area contributed by atoms with Gasteiger partial charge in [0.15, 0.2) is 0 Å². The number of hydrogen-bond acceptors (Lipinski definition) is 11. The van der Waals surface area contributed by atoms with Crippen LogP contribution in [0, 0.1) is 11.3 Å². The van der Waals surface area contributed by atoms with Crippen LogP contribution in [0.4, 0.5) is 8.78 Å². The normalized spacial score (nSPS) is 23.6. The standard InChI is InChI=1S/C33H40F2N8O7S2/c1-32(2,3)16-23(36-29(45)25-6-5-13-51-25)30(46)42-17-19(43-39-27(38-41-43)18-7-9-20(50-4)10-8-18)14-24(42)28(44)37-33(15-22(33)26(34)35)31(47)40-52(48,49)21-11-12-21/h5-10,13,19,21-24,26H,11-12,14-17H2,1-4H3,(H,36,45)(H,37,44)(H,40,47)/t19-,22+,23+,24?,33-/m1/s1. The Morgan fingerprint density at radius 3 is 2.40 bits per heavy atom. The minimum Gasteiger partial charge on any atom is -0.497 e. The third-order valence-electron chi connectivity index (χ3n) is 9.40. The lowest BCUT2D eigenvalue weighted by Gasteiger charge is -2.32. The van der Waals surface area contributed by atoms with Gasteiger partial charge in [0.2, 0.25) is 34.1 Å². The minimum absolute atomic E-state index is 0.103. The van der Waals surface area contributed by atoms with Gasteiger partial charge in [0.1, 0.15) is 23.4 Å². The topological polar surface area (TPSA) is 195 Å². The maximum absolute atomic E-state index is 14.4. The fourth-order valence-electron chi connectivity index (χ4n) is 6.40. The molecule has 2 saturated carbocycles. The van der Waals surface area contributed by atoms with E-state index >= 15 is 0 Å². The van der Waals surface area contributed by atoms with Gasteiger partial charge >= 0.3 is 0 Å². The fourth-order valence-corrected chi connectivity index (χ4v) is 8.39. The SMILES string of the molecule is COc1ccc(-c2nnn([C@@H]3CC(C(=O)N[C@]4(C(=O)NS(=O)(=O)C5CC5)C[C@H]4C(F)F)N(C(=O)[C@H](CC(C)(C)C)NC(=O)c4cccs4)C3)n2)cc1. The Morgan fingerprint density at radius 2 is 1.83 bits per heavy atom. The average Bonchev–Trinajstić information content (AvgIpc) is 3.85. The van der Waals surface area contributed by atoms with Gasteiger partial charge in [-0.25, -0.2) is 17.2 Å². The van der Waals surface area contributed by atoms with Crippen LogP contribution in [-0.2, 0) is 24.4 Å². The zero-order chi connectivity index (χ0) is 37.6. The predicted octanol–water partition coefficient (Wildman–Crippen LogP) is 2.54. The number of thiophene rings is 1. The van der Waals surface area contributed by atoms with Crippen molar-refractivity contribution < 1.29 is 41.1 Å². The zero-order valence-electron chi connectivity index (χ0n) is 28.9. The number of rotatable bonds is 13. The monoisotopic (exact) mass is 762 g/mol. The molecule has 0 radical (unpaired) electrons. The molecule has 3 aliphatic rings. The van der Waals surface area contributed by atoms with Crippen molar-refractivity contribution >= 4 is 45.0 Å². The van der Waals surface area contributed by atoms with Gasteiger partial charge in [0.25, 0.3) is 11.8 Å². The second kappa shape index (κ2) is 14.1. The van der Waals surface area contributed by atoms with E-state index < -0.39 is 86.7 Å². The van der Waals surface area contributed by atoms with E-state index in [1.165, 1.54) is 28.1 Å². The number of benzene rings is 1. The van der Waals surface area contributed by atoms with Crippen molar-refractivity contribution in [3.8, 4) is 17.1 Å². The number of ether oxygens (including phenoxy) is 1. The van der Waals surface area contributed by atoms with E-state index in [0.717, 1.165) is 0 Å². The Balaban J connectivity index is 1.30. The van der Waals surface area contributed by atoms with Gasteiger partial charge in [-0.05, 0) is 72.0 Å². The Hall–Kier alpha value is -4.52. The van der Waals surface area contributed by atoms with Crippen molar-refractivity contribution in [3.05, 3.63) is 46.7 Å². The summed E-state index contributed by atoms with van der Waals surface area (Å²) >= 11 is 1.19. The summed E-state index contributed by atoms with van der Waals surface area (Å²) in [5.74, 6) is -4.06. The number of nitrogens with zero attached hydrogens (tertiary/aromatic N) is 5. The lowest BCUT2D eigenvalue weighted by atomic mass is 9.87. The summed E-state index contributed by atoms with van der Waals surface area (Å²) in [5, 5.41) is 18.9. The first-order valence-corrected chi connectivity index (χ1v) is 19.2. The van der Waals surface area contributed by atoms with E-state index in [2.05, 4.69) is 26.0 Å². The number of hydrogen-bond donors (Lipinski definition) is 3. The van der Waals surface area contributed by atoms with Crippen LogP contribution in [0.5, 0.6) is 5.75 Å². The zero-order valence-corrected chi connectivity index (χ0v) is 30.5. The summed E-state index contributed by atoms with van der Waals surface area (Å²) in [6.07, 6.45) is -2.80. The Bertz CT molecular complexity index is 1930. The highest BCUT2D eigenvalue weighted by molar-refractivity contribution is 7.91. The highest BCUT2D eigenvalue weighted by Gasteiger charge is 2.66. The van der Waals surface area contributed by atoms with Crippen molar-refractivity contribution in [1.82, 2.24) is 40.5 Å². The maximum atomic E-state index is 14.4. The largest absolute Gasteiger partial charge is 0.497 e. The van der Waals surface area contributed by atoms with Crippen LogP contribution in [0.3, 0.4) is 0 Å². The molecule has 0 spiro atoms. The Kier molecular flexibility index (Phi) is 10.1. The molecule has 1 saturated heterocycles. The number of carbonyl (C=O) groups excluding carboxylic acids is 4.